The molecule has 0 radical (unpaired) electrons. The van der Waals surface area contributed by atoms with Gasteiger partial charge in [-0.05, 0) is 12.8 Å². The molecule has 5 heteroatoms. The van der Waals surface area contributed by atoms with Crippen molar-refractivity contribution in [3.63, 3.8) is 0 Å². The van der Waals surface area contributed by atoms with Crippen molar-refractivity contribution in [2.75, 3.05) is 7.11 Å². The summed E-state index contributed by atoms with van der Waals surface area (Å²) in [6, 6.07) is 2.05. The third-order valence-electron chi connectivity index (χ3n) is 2.05. The number of nitriles is 1. The van der Waals surface area contributed by atoms with Gasteiger partial charge in [0.1, 0.15) is 10.5 Å². The highest BCUT2D eigenvalue weighted by molar-refractivity contribution is 5.95. The Balaban J connectivity index is 0. The summed E-state index contributed by atoms with van der Waals surface area (Å²) in [4.78, 5) is 18.3. The van der Waals surface area contributed by atoms with Crippen LogP contribution in [0, 0.1) is 17.2 Å². The summed E-state index contributed by atoms with van der Waals surface area (Å²) in [5.41, 5.74) is 0. The van der Waals surface area contributed by atoms with Gasteiger partial charge in [-0.25, -0.2) is 0 Å². The first-order valence-corrected chi connectivity index (χ1v) is 6.05. The fourth-order valence-corrected chi connectivity index (χ4v) is 1.24. The molecule has 0 bridgehead atoms. The van der Waals surface area contributed by atoms with Gasteiger partial charge in [0, 0.05) is 6.42 Å². The Morgan fingerprint density at radius 2 is 2.13 bits per heavy atom. The van der Waals surface area contributed by atoms with Crippen molar-refractivity contribution in [1.29, 1.82) is 5.26 Å². The average molecular weight is 231 g/mol. The quantitative estimate of drug-likeness (QED) is 0.535. The third kappa shape index (κ3) is 9.44. The van der Waals surface area contributed by atoms with Crippen molar-refractivity contribution >= 4 is 16.5 Å². The Morgan fingerprint density at radius 3 is 2.53 bits per heavy atom. The zero-order valence-electron chi connectivity index (χ0n) is 9.82. The smallest absolute Gasteiger partial charge is 0.308 e. The van der Waals surface area contributed by atoms with Crippen LogP contribution in [-0.2, 0) is 9.53 Å². The molecule has 0 aromatic carbocycles. The molecule has 0 aliphatic carbocycles. The Hall–Kier alpha value is -0.863. The number of carbonyl (C=O) groups excluding carboxylic acids is 1. The van der Waals surface area contributed by atoms with Crippen LogP contribution in [0.5, 0.6) is 0 Å². The zero-order chi connectivity index (χ0) is 12.1. The summed E-state index contributed by atoms with van der Waals surface area (Å²) in [5, 5.41) is 8.39. The molecule has 4 nitrogen and oxygen atoms in total. The summed E-state index contributed by atoms with van der Waals surface area (Å²) in [7, 11) is 1.70. The summed E-state index contributed by atoms with van der Waals surface area (Å²) in [6.45, 7) is 2.08. The lowest BCUT2D eigenvalue weighted by Crippen LogP contribution is -2.16. The average Bonchev–Trinajstić information content (AvgIpc) is 2.31. The number of rotatable bonds is 6. The summed E-state index contributed by atoms with van der Waals surface area (Å²) < 4.78 is 4.66. The first kappa shape index (κ1) is 16.6. The molecule has 0 spiro atoms. The van der Waals surface area contributed by atoms with Crippen LogP contribution in [0.3, 0.4) is 0 Å². The van der Waals surface area contributed by atoms with E-state index in [9.17, 15) is 4.79 Å². The lowest BCUT2D eigenvalue weighted by atomic mass is 9.97. The number of hydrogen-bond acceptors (Lipinski definition) is 4. The van der Waals surface area contributed by atoms with E-state index < -0.39 is 0 Å². The Morgan fingerprint density at radius 1 is 1.53 bits per heavy atom. The van der Waals surface area contributed by atoms with Gasteiger partial charge in [0.2, 0.25) is 0 Å². The molecule has 1 atom stereocenters. The Kier molecular flexibility index (Phi) is 14.5. The molecule has 15 heavy (non-hydrogen) atoms. The second-order valence-corrected chi connectivity index (χ2v) is 3.06. The van der Waals surface area contributed by atoms with Crippen molar-refractivity contribution in [1.82, 2.24) is 0 Å². The number of esters is 1. The lowest BCUT2D eigenvalue weighted by molar-refractivity contribution is -0.145. The summed E-state index contributed by atoms with van der Waals surface area (Å²) in [6.07, 6.45) is 3.99. The van der Waals surface area contributed by atoms with Crippen LogP contribution in [0.1, 0.15) is 39.0 Å². The van der Waals surface area contributed by atoms with Gasteiger partial charge in [-0.2, -0.15) is 5.26 Å². The first-order valence-electron chi connectivity index (χ1n) is 5.15. The number of ether oxygens (including phenoxy) is 1. The predicted octanol–water partition coefficient (Wildman–Crippen LogP) is 0.529. The fraction of sp³-hybridized carbons (Fsp3) is 0.800. The molecule has 0 aliphatic heterocycles. The highest BCUT2D eigenvalue weighted by atomic mass is 28.2. The molecule has 0 amide bonds. The largest absolute Gasteiger partial charge is 0.469 e. The third-order valence-corrected chi connectivity index (χ3v) is 2.05. The molecule has 0 aromatic heterocycles. The van der Waals surface area contributed by atoms with E-state index in [1.54, 1.807) is 0 Å². The van der Waals surface area contributed by atoms with Crippen LogP contribution < -0.4 is 0 Å². The molecule has 0 rings (SSSR count). The standard InChI is InChI=1S/C10H17NO2.H4OSi/c1-3-4-6-9(7-5-8-11)10(12)13-2;1-2/h9H,3-7H2,1-2H3;1H,2H3. The molecule has 0 aromatic rings. The fourth-order valence-electron chi connectivity index (χ4n) is 1.24. The number of hydrogen-bond donors (Lipinski definition) is 1. The summed E-state index contributed by atoms with van der Waals surface area (Å²) in [5.74, 6) is -0.256. The summed E-state index contributed by atoms with van der Waals surface area (Å²) >= 11 is 0. The number of carbonyl (C=O) groups is 1. The van der Waals surface area contributed by atoms with E-state index in [0.717, 1.165) is 19.3 Å². The maximum atomic E-state index is 11.2. The first-order chi connectivity index (χ1) is 7.26. The molecule has 1 unspecified atom stereocenters. The van der Waals surface area contributed by atoms with Crippen molar-refractivity contribution in [2.45, 2.75) is 39.0 Å². The lowest BCUT2D eigenvalue weighted by Gasteiger charge is -2.11. The number of methoxy groups -OCH3 is 1. The van der Waals surface area contributed by atoms with Crippen molar-refractivity contribution in [2.24, 2.45) is 5.92 Å². The highest BCUT2D eigenvalue weighted by Crippen LogP contribution is 2.15. The Bertz CT molecular complexity index is 192. The van der Waals surface area contributed by atoms with Gasteiger partial charge in [-0.3, -0.25) is 4.79 Å². The molecule has 0 fully saturated rings. The van der Waals surface area contributed by atoms with Gasteiger partial charge in [-0.15, -0.1) is 0 Å². The topological polar surface area (TPSA) is 70.3 Å². The van der Waals surface area contributed by atoms with Gasteiger partial charge < -0.3 is 9.53 Å². The maximum absolute atomic E-state index is 11.2. The van der Waals surface area contributed by atoms with Gasteiger partial charge in [0.15, 0.2) is 0 Å². The SMILES string of the molecule is CCCCC(CCC#N)C(=O)OC.O[SiH3]. The van der Waals surface area contributed by atoms with E-state index in [1.807, 2.05) is 6.07 Å². The van der Waals surface area contributed by atoms with Crippen molar-refractivity contribution < 1.29 is 14.3 Å². The van der Waals surface area contributed by atoms with Crippen molar-refractivity contribution in [3.05, 3.63) is 0 Å². The van der Waals surface area contributed by atoms with Crippen LogP contribution in [0.4, 0.5) is 0 Å². The second-order valence-electron chi connectivity index (χ2n) is 3.06. The maximum Gasteiger partial charge on any atom is 0.308 e. The van der Waals surface area contributed by atoms with Gasteiger partial charge in [0.05, 0.1) is 19.1 Å². The number of unbranched alkanes of at least 4 members (excludes halogenated alkanes) is 1. The van der Waals surface area contributed by atoms with Gasteiger partial charge in [0.25, 0.3) is 0 Å². The minimum atomic E-state index is -0.177. The van der Waals surface area contributed by atoms with E-state index in [4.69, 9.17) is 10.1 Å². The van der Waals surface area contributed by atoms with E-state index >= 15 is 0 Å². The molecule has 0 saturated carbocycles. The van der Waals surface area contributed by atoms with Crippen LogP contribution in [0.15, 0.2) is 0 Å². The Labute approximate surface area is 94.8 Å². The molecule has 0 heterocycles. The van der Waals surface area contributed by atoms with Gasteiger partial charge >= 0.3 is 5.97 Å². The van der Waals surface area contributed by atoms with E-state index in [0.29, 0.717) is 23.3 Å². The van der Waals surface area contributed by atoms with Crippen LogP contribution in [-0.4, -0.2) is 28.4 Å². The number of nitrogens with zero attached hydrogens (tertiary/aromatic N) is 1. The molecule has 1 N–H and O–H groups in total. The predicted molar refractivity (Wildman–Crippen MR) is 62.0 cm³/mol. The minimum absolute atomic E-state index is 0.0791. The monoisotopic (exact) mass is 231 g/mol. The van der Waals surface area contributed by atoms with E-state index in [1.165, 1.54) is 7.11 Å². The van der Waals surface area contributed by atoms with Crippen LogP contribution >= 0.6 is 0 Å². The molecule has 0 aliphatic rings. The van der Waals surface area contributed by atoms with Gasteiger partial charge in [-0.1, -0.05) is 19.8 Å². The molecule has 88 valence electrons. The van der Waals surface area contributed by atoms with Crippen LogP contribution in [0.2, 0.25) is 0 Å². The molecule has 0 saturated heterocycles. The second kappa shape index (κ2) is 13.1. The minimum Gasteiger partial charge on any atom is -0.469 e. The molecular weight excluding hydrogens is 210 g/mol. The van der Waals surface area contributed by atoms with E-state index in [2.05, 4.69) is 11.7 Å². The van der Waals surface area contributed by atoms with E-state index in [-0.39, 0.29) is 11.9 Å². The normalized spacial score (nSPS) is 10.8. The van der Waals surface area contributed by atoms with Crippen LogP contribution in [0.25, 0.3) is 0 Å². The zero-order valence-corrected chi connectivity index (χ0v) is 11.8. The molecular formula is C10H21NO3Si. The van der Waals surface area contributed by atoms with Crippen molar-refractivity contribution in [3.8, 4) is 6.07 Å². The highest BCUT2D eigenvalue weighted by Gasteiger charge is 2.17.